The third kappa shape index (κ3) is 5.40. The standard InChI is InChI=1S/C19H17ClF3NO3/c1-10(2)27-19-12(20)6-11(7-17(19)26-3)4-5-18(25)24-16-9-14(22)13(21)8-15(16)23/h4-10H,1-3H3,(H,24,25). The van der Waals surface area contributed by atoms with E-state index in [1.807, 2.05) is 13.8 Å². The summed E-state index contributed by atoms with van der Waals surface area (Å²) in [6.45, 7) is 3.68. The molecule has 0 fully saturated rings. The second-order valence-electron chi connectivity index (χ2n) is 5.77. The van der Waals surface area contributed by atoms with Gasteiger partial charge in [-0.3, -0.25) is 4.79 Å². The van der Waals surface area contributed by atoms with Crippen molar-refractivity contribution in [3.8, 4) is 11.5 Å². The Bertz CT molecular complexity index is 885. The molecule has 0 spiro atoms. The highest BCUT2D eigenvalue weighted by Gasteiger charge is 2.14. The van der Waals surface area contributed by atoms with Crippen LogP contribution >= 0.6 is 11.6 Å². The first-order valence-electron chi connectivity index (χ1n) is 7.89. The fraction of sp³-hybridized carbons (Fsp3) is 0.211. The van der Waals surface area contributed by atoms with Crippen LogP contribution in [-0.4, -0.2) is 19.1 Å². The molecule has 0 heterocycles. The van der Waals surface area contributed by atoms with E-state index in [2.05, 4.69) is 5.32 Å². The van der Waals surface area contributed by atoms with Crippen LogP contribution in [0.1, 0.15) is 19.4 Å². The number of anilines is 1. The quantitative estimate of drug-likeness (QED) is 0.536. The summed E-state index contributed by atoms with van der Waals surface area (Å²) in [4.78, 5) is 11.9. The second-order valence-corrected chi connectivity index (χ2v) is 6.18. The third-order valence-electron chi connectivity index (χ3n) is 3.30. The lowest BCUT2D eigenvalue weighted by Gasteiger charge is -2.15. The van der Waals surface area contributed by atoms with E-state index in [4.69, 9.17) is 21.1 Å². The number of carbonyl (C=O) groups is 1. The van der Waals surface area contributed by atoms with Crippen LogP contribution in [0.25, 0.3) is 6.08 Å². The molecule has 2 rings (SSSR count). The van der Waals surface area contributed by atoms with Crippen LogP contribution < -0.4 is 14.8 Å². The van der Waals surface area contributed by atoms with Gasteiger partial charge in [0, 0.05) is 18.2 Å². The number of halogens is 4. The van der Waals surface area contributed by atoms with Gasteiger partial charge in [0.15, 0.2) is 23.1 Å². The number of hydrogen-bond acceptors (Lipinski definition) is 3. The van der Waals surface area contributed by atoms with Gasteiger partial charge >= 0.3 is 0 Å². The largest absolute Gasteiger partial charge is 0.493 e. The van der Waals surface area contributed by atoms with Crippen molar-refractivity contribution >= 4 is 29.3 Å². The zero-order valence-corrected chi connectivity index (χ0v) is 15.5. The molecule has 1 amide bonds. The minimum absolute atomic E-state index is 0.116. The van der Waals surface area contributed by atoms with Gasteiger partial charge in [0.1, 0.15) is 5.82 Å². The molecule has 0 saturated heterocycles. The number of hydrogen-bond donors (Lipinski definition) is 1. The molecule has 144 valence electrons. The Morgan fingerprint density at radius 2 is 1.78 bits per heavy atom. The molecule has 2 aromatic rings. The average Bonchev–Trinajstić information content (AvgIpc) is 2.59. The molecule has 1 N–H and O–H groups in total. The van der Waals surface area contributed by atoms with E-state index in [-0.39, 0.29) is 11.1 Å². The fourth-order valence-electron chi connectivity index (χ4n) is 2.15. The number of rotatable bonds is 6. The van der Waals surface area contributed by atoms with Crippen molar-refractivity contribution in [3.05, 3.63) is 58.4 Å². The minimum atomic E-state index is -1.34. The number of benzene rings is 2. The highest BCUT2D eigenvalue weighted by Crippen LogP contribution is 2.37. The lowest BCUT2D eigenvalue weighted by molar-refractivity contribution is -0.111. The number of amides is 1. The molecule has 0 atom stereocenters. The van der Waals surface area contributed by atoms with E-state index in [0.29, 0.717) is 29.2 Å². The highest BCUT2D eigenvalue weighted by atomic mass is 35.5. The van der Waals surface area contributed by atoms with Crippen molar-refractivity contribution in [2.75, 3.05) is 12.4 Å². The van der Waals surface area contributed by atoms with Crippen LogP contribution in [-0.2, 0) is 4.79 Å². The van der Waals surface area contributed by atoms with E-state index in [9.17, 15) is 18.0 Å². The maximum atomic E-state index is 13.6. The molecule has 27 heavy (non-hydrogen) atoms. The van der Waals surface area contributed by atoms with Gasteiger partial charge < -0.3 is 14.8 Å². The van der Waals surface area contributed by atoms with Crippen LogP contribution in [0.2, 0.25) is 5.02 Å². The Morgan fingerprint density at radius 1 is 1.11 bits per heavy atom. The predicted molar refractivity (Wildman–Crippen MR) is 97.7 cm³/mol. The summed E-state index contributed by atoms with van der Waals surface area (Å²) in [5.41, 5.74) is 0.0497. The van der Waals surface area contributed by atoms with E-state index in [1.54, 1.807) is 12.1 Å². The lowest BCUT2D eigenvalue weighted by Crippen LogP contribution is -2.10. The second kappa shape index (κ2) is 8.81. The normalized spacial score (nSPS) is 11.1. The smallest absolute Gasteiger partial charge is 0.248 e. The lowest BCUT2D eigenvalue weighted by atomic mass is 10.1. The summed E-state index contributed by atoms with van der Waals surface area (Å²) < 4.78 is 50.5. The van der Waals surface area contributed by atoms with Gasteiger partial charge in [-0.15, -0.1) is 0 Å². The van der Waals surface area contributed by atoms with Gasteiger partial charge in [-0.25, -0.2) is 13.2 Å². The average molecular weight is 400 g/mol. The fourth-order valence-corrected chi connectivity index (χ4v) is 2.41. The first kappa shape index (κ1) is 20.6. The summed E-state index contributed by atoms with van der Waals surface area (Å²) in [5, 5.41) is 2.42. The molecule has 0 aliphatic rings. The molecular weight excluding hydrogens is 383 g/mol. The number of carbonyl (C=O) groups excluding carboxylic acids is 1. The molecule has 0 radical (unpaired) electrons. The van der Waals surface area contributed by atoms with Crippen LogP contribution in [0.5, 0.6) is 11.5 Å². The highest BCUT2D eigenvalue weighted by molar-refractivity contribution is 6.32. The molecule has 2 aromatic carbocycles. The Kier molecular flexibility index (Phi) is 6.74. The predicted octanol–water partition coefficient (Wildman–Crippen LogP) is 5.21. The van der Waals surface area contributed by atoms with Crippen molar-refractivity contribution < 1.29 is 27.4 Å². The molecule has 0 unspecified atom stereocenters. The third-order valence-corrected chi connectivity index (χ3v) is 3.58. The molecule has 0 aliphatic heterocycles. The monoisotopic (exact) mass is 399 g/mol. The Balaban J connectivity index is 2.19. The van der Waals surface area contributed by atoms with Crippen molar-refractivity contribution in [1.82, 2.24) is 0 Å². The summed E-state index contributed by atoms with van der Waals surface area (Å²) >= 11 is 6.19. The first-order chi connectivity index (χ1) is 12.7. The Morgan fingerprint density at radius 3 is 2.41 bits per heavy atom. The Labute approximate surface area is 159 Å². The summed E-state index contributed by atoms with van der Waals surface area (Å²) in [6, 6.07) is 4.08. The van der Waals surface area contributed by atoms with Crippen molar-refractivity contribution in [2.24, 2.45) is 0 Å². The summed E-state index contributed by atoms with van der Waals surface area (Å²) in [6.07, 6.45) is 2.38. The van der Waals surface area contributed by atoms with Crippen LogP contribution in [0.15, 0.2) is 30.3 Å². The van der Waals surface area contributed by atoms with E-state index < -0.39 is 29.0 Å². The van der Waals surface area contributed by atoms with Crippen molar-refractivity contribution in [2.45, 2.75) is 20.0 Å². The van der Waals surface area contributed by atoms with Crippen LogP contribution in [0, 0.1) is 17.5 Å². The van der Waals surface area contributed by atoms with E-state index in [0.717, 1.165) is 6.08 Å². The SMILES string of the molecule is COc1cc(C=CC(=O)Nc2cc(F)c(F)cc2F)cc(Cl)c1OC(C)C. The maximum absolute atomic E-state index is 13.6. The minimum Gasteiger partial charge on any atom is -0.493 e. The number of ether oxygens (including phenoxy) is 2. The van der Waals surface area contributed by atoms with Crippen LogP contribution in [0.3, 0.4) is 0 Å². The van der Waals surface area contributed by atoms with Gasteiger partial charge in [0.05, 0.1) is 23.9 Å². The Hall–Kier alpha value is -2.67. The van der Waals surface area contributed by atoms with Gasteiger partial charge in [0.2, 0.25) is 5.91 Å². The molecule has 0 saturated carbocycles. The van der Waals surface area contributed by atoms with E-state index >= 15 is 0 Å². The van der Waals surface area contributed by atoms with Gasteiger partial charge in [0.25, 0.3) is 0 Å². The molecule has 4 nitrogen and oxygen atoms in total. The van der Waals surface area contributed by atoms with Crippen molar-refractivity contribution in [1.29, 1.82) is 0 Å². The molecule has 0 aromatic heterocycles. The molecule has 8 heteroatoms. The molecular formula is C19H17ClF3NO3. The molecule has 0 aliphatic carbocycles. The van der Waals surface area contributed by atoms with Gasteiger partial charge in [-0.1, -0.05) is 11.6 Å². The maximum Gasteiger partial charge on any atom is 0.248 e. The zero-order chi connectivity index (χ0) is 20.1. The van der Waals surface area contributed by atoms with Gasteiger partial charge in [-0.2, -0.15) is 0 Å². The first-order valence-corrected chi connectivity index (χ1v) is 8.27. The number of methoxy groups -OCH3 is 1. The van der Waals surface area contributed by atoms with Crippen LogP contribution in [0.4, 0.5) is 18.9 Å². The topological polar surface area (TPSA) is 47.6 Å². The summed E-state index contributed by atoms with van der Waals surface area (Å²) in [7, 11) is 1.45. The zero-order valence-electron chi connectivity index (χ0n) is 14.8. The number of nitrogens with one attached hydrogen (secondary N) is 1. The van der Waals surface area contributed by atoms with Gasteiger partial charge in [-0.05, 0) is 37.6 Å². The van der Waals surface area contributed by atoms with E-state index in [1.165, 1.54) is 13.2 Å². The molecule has 0 bridgehead atoms. The summed E-state index contributed by atoms with van der Waals surface area (Å²) in [5.74, 6) is -3.69. The van der Waals surface area contributed by atoms with Crippen molar-refractivity contribution in [3.63, 3.8) is 0 Å².